The predicted octanol–water partition coefficient (Wildman–Crippen LogP) is 1.86. The topological polar surface area (TPSA) is 116 Å². The van der Waals surface area contributed by atoms with Gasteiger partial charge in [0.25, 0.3) is 0 Å². The Kier molecular flexibility index (Phi) is 8.43. The second-order valence-corrected chi connectivity index (χ2v) is 6.67. The summed E-state index contributed by atoms with van der Waals surface area (Å²) in [6.45, 7) is 0.924. The number of hydroxylamine groups is 1. The van der Waals surface area contributed by atoms with E-state index in [-0.39, 0.29) is 24.3 Å². The van der Waals surface area contributed by atoms with Gasteiger partial charge in [0, 0.05) is 31.8 Å². The summed E-state index contributed by atoms with van der Waals surface area (Å²) in [6.07, 6.45) is 10.2. The van der Waals surface area contributed by atoms with Gasteiger partial charge in [0.05, 0.1) is 18.2 Å². The van der Waals surface area contributed by atoms with Crippen molar-refractivity contribution in [2.24, 2.45) is 0 Å². The van der Waals surface area contributed by atoms with E-state index in [0.29, 0.717) is 24.4 Å². The van der Waals surface area contributed by atoms with E-state index in [1.54, 1.807) is 17.9 Å². The van der Waals surface area contributed by atoms with Gasteiger partial charge in [-0.2, -0.15) is 0 Å². The van der Waals surface area contributed by atoms with E-state index in [9.17, 15) is 14.7 Å². The lowest BCUT2D eigenvalue weighted by atomic mass is 10.1. The molecule has 1 fully saturated rings. The van der Waals surface area contributed by atoms with Crippen molar-refractivity contribution in [2.45, 2.75) is 63.8 Å². The van der Waals surface area contributed by atoms with Crippen LogP contribution in [0.1, 0.15) is 68.1 Å². The average Bonchev–Trinajstić information content (AvgIpc) is 3.15. The summed E-state index contributed by atoms with van der Waals surface area (Å²) in [5.41, 5.74) is 2.14. The molecule has 2 rings (SSSR count). The van der Waals surface area contributed by atoms with Crippen molar-refractivity contribution in [3.8, 4) is 0 Å². The van der Waals surface area contributed by atoms with Crippen molar-refractivity contribution in [2.75, 3.05) is 18.1 Å². The van der Waals surface area contributed by atoms with Crippen LogP contribution in [-0.2, 0) is 4.79 Å². The summed E-state index contributed by atoms with van der Waals surface area (Å²) < 4.78 is 0. The molecule has 0 aromatic carbocycles. The van der Waals surface area contributed by atoms with Crippen LogP contribution >= 0.6 is 0 Å². The molecule has 8 nitrogen and oxygen atoms in total. The Morgan fingerprint density at radius 2 is 1.77 bits per heavy atom. The molecule has 144 valence electrons. The number of aliphatic hydroxyl groups is 1. The van der Waals surface area contributed by atoms with Gasteiger partial charge in [0.15, 0.2) is 5.78 Å². The first-order chi connectivity index (χ1) is 12.7. The van der Waals surface area contributed by atoms with Gasteiger partial charge in [0.2, 0.25) is 11.9 Å². The SMILES string of the molecule is O=C(CCCCCCCC(=O)c1cnc(N2CCC[C@H]2CO)nc1)NO. The van der Waals surface area contributed by atoms with Crippen molar-refractivity contribution in [1.29, 1.82) is 0 Å². The highest BCUT2D eigenvalue weighted by molar-refractivity contribution is 5.95. The first-order valence-electron chi connectivity index (χ1n) is 9.31. The summed E-state index contributed by atoms with van der Waals surface area (Å²) in [6, 6.07) is 0.0694. The second-order valence-electron chi connectivity index (χ2n) is 6.67. The number of carbonyl (C=O) groups is 2. The van der Waals surface area contributed by atoms with Gasteiger partial charge in [-0.15, -0.1) is 0 Å². The van der Waals surface area contributed by atoms with Crippen LogP contribution < -0.4 is 10.4 Å². The molecule has 1 aromatic heterocycles. The molecule has 1 aliphatic heterocycles. The van der Waals surface area contributed by atoms with Crippen molar-refractivity contribution >= 4 is 17.6 Å². The van der Waals surface area contributed by atoms with Crippen molar-refractivity contribution < 1.29 is 19.9 Å². The third-order valence-electron chi connectivity index (χ3n) is 4.74. The van der Waals surface area contributed by atoms with E-state index >= 15 is 0 Å². The predicted molar refractivity (Wildman–Crippen MR) is 96.1 cm³/mol. The third kappa shape index (κ3) is 6.03. The molecule has 1 atom stereocenters. The summed E-state index contributed by atoms with van der Waals surface area (Å²) in [4.78, 5) is 33.6. The summed E-state index contributed by atoms with van der Waals surface area (Å²) >= 11 is 0. The van der Waals surface area contributed by atoms with Gasteiger partial charge < -0.3 is 10.0 Å². The zero-order valence-electron chi connectivity index (χ0n) is 15.1. The number of amides is 1. The second kappa shape index (κ2) is 10.8. The monoisotopic (exact) mass is 364 g/mol. The highest BCUT2D eigenvalue weighted by Gasteiger charge is 2.25. The highest BCUT2D eigenvalue weighted by Crippen LogP contribution is 2.21. The third-order valence-corrected chi connectivity index (χ3v) is 4.74. The van der Waals surface area contributed by atoms with Gasteiger partial charge >= 0.3 is 0 Å². The maximum Gasteiger partial charge on any atom is 0.243 e. The molecular formula is C18H28N4O4. The zero-order chi connectivity index (χ0) is 18.8. The molecule has 2 heterocycles. The maximum atomic E-state index is 12.2. The Morgan fingerprint density at radius 1 is 1.12 bits per heavy atom. The summed E-state index contributed by atoms with van der Waals surface area (Å²) in [5, 5.41) is 17.8. The van der Waals surface area contributed by atoms with E-state index < -0.39 is 0 Å². The molecule has 26 heavy (non-hydrogen) atoms. The quantitative estimate of drug-likeness (QED) is 0.237. The smallest absolute Gasteiger partial charge is 0.243 e. The van der Waals surface area contributed by atoms with Crippen LogP contribution in [-0.4, -0.2) is 51.2 Å². The number of rotatable bonds is 11. The van der Waals surface area contributed by atoms with Crippen LogP contribution in [0.4, 0.5) is 5.95 Å². The number of hydrogen-bond donors (Lipinski definition) is 3. The Balaban J connectivity index is 1.67. The Hall–Kier alpha value is -2.06. The molecule has 0 unspecified atom stereocenters. The molecule has 1 aliphatic rings. The number of nitrogens with zero attached hydrogens (tertiary/aromatic N) is 3. The number of nitrogens with one attached hydrogen (secondary N) is 1. The lowest BCUT2D eigenvalue weighted by molar-refractivity contribution is -0.129. The Morgan fingerprint density at radius 3 is 2.42 bits per heavy atom. The molecular weight excluding hydrogens is 336 g/mol. The van der Waals surface area contributed by atoms with Crippen LogP contribution in [0.15, 0.2) is 12.4 Å². The molecule has 0 aliphatic carbocycles. The van der Waals surface area contributed by atoms with Gasteiger partial charge in [-0.3, -0.25) is 14.8 Å². The number of aliphatic hydroxyl groups excluding tert-OH is 1. The summed E-state index contributed by atoms with van der Waals surface area (Å²) in [7, 11) is 0. The molecule has 0 radical (unpaired) electrons. The fraction of sp³-hybridized carbons (Fsp3) is 0.667. The van der Waals surface area contributed by atoms with Crippen LogP contribution in [0, 0.1) is 0 Å². The van der Waals surface area contributed by atoms with Crippen molar-refractivity contribution in [1.82, 2.24) is 15.4 Å². The fourth-order valence-electron chi connectivity index (χ4n) is 3.20. The lowest BCUT2D eigenvalue weighted by Gasteiger charge is -2.22. The highest BCUT2D eigenvalue weighted by atomic mass is 16.5. The molecule has 0 spiro atoms. The van der Waals surface area contributed by atoms with Crippen LogP contribution in [0.2, 0.25) is 0 Å². The first kappa shape index (κ1) is 20.3. The van der Waals surface area contributed by atoms with Gasteiger partial charge in [-0.1, -0.05) is 19.3 Å². The molecule has 1 amide bonds. The van der Waals surface area contributed by atoms with E-state index in [4.69, 9.17) is 5.21 Å². The molecule has 1 saturated heterocycles. The standard InChI is InChI=1S/C18H28N4O4/c23-13-15-7-6-10-22(15)18-19-11-14(12-20-18)16(24)8-4-2-1-3-5-9-17(25)21-26/h11-12,15,23,26H,1-10,13H2,(H,21,25)/t15-/m0/s1. The van der Waals surface area contributed by atoms with Crippen molar-refractivity contribution in [3.63, 3.8) is 0 Å². The molecule has 8 heteroatoms. The minimum absolute atomic E-state index is 0.0383. The van der Waals surface area contributed by atoms with Crippen LogP contribution in [0.5, 0.6) is 0 Å². The molecule has 0 saturated carbocycles. The van der Waals surface area contributed by atoms with Gasteiger partial charge in [0.1, 0.15) is 0 Å². The van der Waals surface area contributed by atoms with Gasteiger partial charge in [-0.05, 0) is 25.7 Å². The molecule has 3 N–H and O–H groups in total. The van der Waals surface area contributed by atoms with E-state index in [1.807, 2.05) is 4.90 Å². The number of aromatic nitrogens is 2. The number of carbonyl (C=O) groups excluding carboxylic acids is 2. The molecule has 1 aromatic rings. The number of hydrogen-bond acceptors (Lipinski definition) is 7. The number of anilines is 1. The lowest BCUT2D eigenvalue weighted by Crippen LogP contribution is -2.33. The number of ketones is 1. The Labute approximate surface area is 153 Å². The summed E-state index contributed by atoms with van der Waals surface area (Å²) in [5.74, 6) is 0.254. The first-order valence-corrected chi connectivity index (χ1v) is 9.31. The average molecular weight is 364 g/mol. The zero-order valence-corrected chi connectivity index (χ0v) is 15.1. The fourth-order valence-corrected chi connectivity index (χ4v) is 3.20. The minimum Gasteiger partial charge on any atom is -0.394 e. The minimum atomic E-state index is -0.358. The van der Waals surface area contributed by atoms with E-state index in [0.717, 1.165) is 51.5 Å². The van der Waals surface area contributed by atoms with E-state index in [1.165, 1.54) is 0 Å². The van der Waals surface area contributed by atoms with Crippen LogP contribution in [0.25, 0.3) is 0 Å². The van der Waals surface area contributed by atoms with Crippen LogP contribution in [0.3, 0.4) is 0 Å². The van der Waals surface area contributed by atoms with Crippen molar-refractivity contribution in [3.05, 3.63) is 18.0 Å². The normalized spacial score (nSPS) is 16.7. The van der Waals surface area contributed by atoms with E-state index in [2.05, 4.69) is 9.97 Å². The molecule has 0 bridgehead atoms. The number of unbranched alkanes of at least 4 members (excludes halogenated alkanes) is 4. The maximum absolute atomic E-state index is 12.2. The van der Waals surface area contributed by atoms with Gasteiger partial charge in [-0.25, -0.2) is 15.4 Å². The number of Topliss-reactive ketones (excluding diaryl/α,β-unsaturated/α-hetero) is 1. The largest absolute Gasteiger partial charge is 0.394 e. The Bertz CT molecular complexity index is 579.